The van der Waals surface area contributed by atoms with E-state index in [1.165, 1.54) is 16.2 Å². The smallest absolute Gasteiger partial charge is 0.269 e. The minimum atomic E-state index is -0.0859. The van der Waals surface area contributed by atoms with Crippen LogP contribution < -0.4 is 19.8 Å². The molecule has 0 radical (unpaired) electrons. The van der Waals surface area contributed by atoms with Crippen LogP contribution in [-0.2, 0) is 12.8 Å². The number of para-hydroxylation sites is 1. The second-order valence-corrected chi connectivity index (χ2v) is 10.4. The van der Waals surface area contributed by atoms with E-state index in [0.717, 1.165) is 51.7 Å². The van der Waals surface area contributed by atoms with E-state index >= 15 is 0 Å². The molecule has 5 aromatic rings. The number of nitrogens with zero attached hydrogens (tertiary/aromatic N) is 3. The summed E-state index contributed by atoms with van der Waals surface area (Å²) < 4.78 is 19.3. The van der Waals surface area contributed by atoms with Crippen molar-refractivity contribution in [3.05, 3.63) is 57.2 Å². The molecule has 0 saturated heterocycles. The van der Waals surface area contributed by atoms with Crippen LogP contribution >= 0.6 is 22.7 Å². The number of aromatic nitrogens is 3. The summed E-state index contributed by atoms with van der Waals surface area (Å²) in [6.07, 6.45) is 4.14. The van der Waals surface area contributed by atoms with Gasteiger partial charge in [-0.3, -0.25) is 4.79 Å². The second-order valence-electron chi connectivity index (χ2n) is 8.35. The molecular weight excluding hydrogens is 482 g/mol. The number of ether oxygens (including phenoxy) is 3. The third-order valence-corrected chi connectivity index (χ3v) is 8.59. The van der Waals surface area contributed by atoms with E-state index in [2.05, 4.69) is 0 Å². The normalized spacial score (nSPS) is 13.2. The first-order valence-corrected chi connectivity index (χ1v) is 13.0. The van der Waals surface area contributed by atoms with Gasteiger partial charge in [0, 0.05) is 10.4 Å². The molecule has 0 spiro atoms. The summed E-state index contributed by atoms with van der Waals surface area (Å²) in [4.78, 5) is 26.1. The van der Waals surface area contributed by atoms with Gasteiger partial charge in [0.05, 0.1) is 36.9 Å². The number of hydrogen-bond acceptors (Lipinski definition) is 8. The Balaban J connectivity index is 1.70. The first-order valence-electron chi connectivity index (χ1n) is 11.4. The fourth-order valence-corrected chi connectivity index (χ4v) is 6.96. The van der Waals surface area contributed by atoms with Gasteiger partial charge in [-0.2, -0.15) is 0 Å². The highest BCUT2D eigenvalue weighted by molar-refractivity contribution is 7.21. The van der Waals surface area contributed by atoms with Crippen molar-refractivity contribution in [2.45, 2.75) is 25.7 Å². The van der Waals surface area contributed by atoms with Crippen molar-refractivity contribution in [3.63, 3.8) is 0 Å². The Morgan fingerprint density at radius 2 is 1.66 bits per heavy atom. The molecule has 9 heteroatoms. The number of thiazole rings is 1. The van der Waals surface area contributed by atoms with Crippen molar-refractivity contribution >= 4 is 43.1 Å². The highest BCUT2D eigenvalue weighted by Crippen LogP contribution is 2.42. The van der Waals surface area contributed by atoms with Crippen LogP contribution in [0.1, 0.15) is 23.3 Å². The zero-order chi connectivity index (χ0) is 24.1. The minimum Gasteiger partial charge on any atom is -0.493 e. The third kappa shape index (κ3) is 3.49. The first-order chi connectivity index (χ1) is 17.1. The molecule has 0 atom stereocenters. The van der Waals surface area contributed by atoms with Gasteiger partial charge in [-0.05, 0) is 55.5 Å². The standard InChI is InChI=1S/C26H23N3O4S2/c1-31-17-12-14(13-18(32-2)22(17)33-3)23-28-24-21(15-8-4-6-10-19(15)34-24)25(30)29(23)26-27-16-9-5-7-11-20(16)35-26/h5,7,9,11-13H,4,6,8,10H2,1-3H3. The van der Waals surface area contributed by atoms with Crippen molar-refractivity contribution in [3.8, 4) is 33.8 Å². The lowest BCUT2D eigenvalue weighted by atomic mass is 9.97. The van der Waals surface area contributed by atoms with Crippen LogP contribution in [0.25, 0.3) is 37.0 Å². The molecule has 2 aromatic carbocycles. The number of thiophene rings is 1. The van der Waals surface area contributed by atoms with Crippen LogP contribution in [0.2, 0.25) is 0 Å². The summed E-state index contributed by atoms with van der Waals surface area (Å²) in [5.41, 5.74) is 2.60. The van der Waals surface area contributed by atoms with Gasteiger partial charge >= 0.3 is 0 Å². The Kier molecular flexibility index (Phi) is 5.46. The van der Waals surface area contributed by atoms with E-state index in [-0.39, 0.29) is 5.56 Å². The van der Waals surface area contributed by atoms with Crippen molar-refractivity contribution in [1.82, 2.24) is 14.5 Å². The summed E-state index contributed by atoms with van der Waals surface area (Å²) in [5, 5.41) is 1.31. The zero-order valence-electron chi connectivity index (χ0n) is 19.6. The lowest BCUT2D eigenvalue weighted by Crippen LogP contribution is -2.22. The minimum absolute atomic E-state index is 0.0859. The number of fused-ring (bicyclic) bond motifs is 4. The van der Waals surface area contributed by atoms with Gasteiger partial charge in [0.15, 0.2) is 22.5 Å². The Bertz CT molecular complexity index is 1590. The summed E-state index contributed by atoms with van der Waals surface area (Å²) in [6.45, 7) is 0. The maximum atomic E-state index is 14.2. The largest absolute Gasteiger partial charge is 0.493 e. The van der Waals surface area contributed by atoms with Gasteiger partial charge in [0.1, 0.15) is 4.83 Å². The van der Waals surface area contributed by atoms with Gasteiger partial charge in [0.2, 0.25) is 5.75 Å². The summed E-state index contributed by atoms with van der Waals surface area (Å²) in [7, 11) is 4.72. The molecule has 178 valence electrons. The van der Waals surface area contributed by atoms with Gasteiger partial charge in [0.25, 0.3) is 5.56 Å². The highest BCUT2D eigenvalue weighted by atomic mass is 32.1. The Morgan fingerprint density at radius 3 is 2.37 bits per heavy atom. The quantitative estimate of drug-likeness (QED) is 0.308. The molecule has 1 aliphatic rings. The van der Waals surface area contributed by atoms with Crippen molar-refractivity contribution < 1.29 is 14.2 Å². The molecule has 6 rings (SSSR count). The number of methoxy groups -OCH3 is 3. The number of benzene rings is 2. The molecule has 0 fully saturated rings. The Labute approximate surface area is 209 Å². The molecule has 3 aromatic heterocycles. The molecule has 0 aliphatic heterocycles. The summed E-state index contributed by atoms with van der Waals surface area (Å²) in [6, 6.07) is 11.5. The topological polar surface area (TPSA) is 75.5 Å². The molecule has 7 nitrogen and oxygen atoms in total. The molecule has 1 aliphatic carbocycles. The highest BCUT2D eigenvalue weighted by Gasteiger charge is 2.26. The number of rotatable bonds is 5. The van der Waals surface area contributed by atoms with Gasteiger partial charge in [-0.15, -0.1) is 11.3 Å². The van der Waals surface area contributed by atoms with Crippen molar-refractivity contribution in [2.75, 3.05) is 21.3 Å². The van der Waals surface area contributed by atoms with E-state index in [0.29, 0.717) is 33.8 Å². The molecular formula is C26H23N3O4S2. The maximum absolute atomic E-state index is 14.2. The lowest BCUT2D eigenvalue weighted by molar-refractivity contribution is 0.324. The number of aryl methyl sites for hydroxylation is 2. The molecule has 0 amide bonds. The van der Waals surface area contributed by atoms with E-state index in [1.807, 2.05) is 36.4 Å². The fourth-order valence-electron chi connectivity index (χ4n) is 4.74. The van der Waals surface area contributed by atoms with Crippen LogP contribution in [0.15, 0.2) is 41.2 Å². The second kappa shape index (κ2) is 8.66. The van der Waals surface area contributed by atoms with E-state index in [1.54, 1.807) is 37.2 Å². The van der Waals surface area contributed by atoms with Crippen molar-refractivity contribution in [1.29, 1.82) is 0 Å². The number of hydrogen-bond donors (Lipinski definition) is 0. The van der Waals surface area contributed by atoms with Gasteiger partial charge in [-0.1, -0.05) is 23.5 Å². The molecule has 0 unspecified atom stereocenters. The van der Waals surface area contributed by atoms with Crippen LogP contribution in [0.3, 0.4) is 0 Å². The van der Waals surface area contributed by atoms with Crippen LogP contribution in [0.5, 0.6) is 17.2 Å². The first kappa shape index (κ1) is 22.1. The average Bonchev–Trinajstić information content (AvgIpc) is 3.48. The van der Waals surface area contributed by atoms with Crippen LogP contribution in [0, 0.1) is 0 Å². The maximum Gasteiger partial charge on any atom is 0.269 e. The zero-order valence-corrected chi connectivity index (χ0v) is 21.2. The molecule has 0 bridgehead atoms. The summed E-state index contributed by atoms with van der Waals surface area (Å²) >= 11 is 3.11. The Hall–Kier alpha value is -3.43. The van der Waals surface area contributed by atoms with Crippen LogP contribution in [0.4, 0.5) is 0 Å². The van der Waals surface area contributed by atoms with Gasteiger partial charge in [-0.25, -0.2) is 14.5 Å². The van der Waals surface area contributed by atoms with Crippen LogP contribution in [-0.4, -0.2) is 35.9 Å². The SMILES string of the molecule is COc1cc(-c2nc3sc4c(c3c(=O)n2-c2nc3ccccc3s2)CCCC4)cc(OC)c1OC. The van der Waals surface area contributed by atoms with Gasteiger partial charge < -0.3 is 14.2 Å². The average molecular weight is 506 g/mol. The van der Waals surface area contributed by atoms with E-state index in [4.69, 9.17) is 24.2 Å². The molecule has 0 saturated carbocycles. The molecule has 3 heterocycles. The molecule has 0 N–H and O–H groups in total. The van der Waals surface area contributed by atoms with E-state index in [9.17, 15) is 4.79 Å². The van der Waals surface area contributed by atoms with Crippen molar-refractivity contribution in [2.24, 2.45) is 0 Å². The monoisotopic (exact) mass is 505 g/mol. The third-order valence-electron chi connectivity index (χ3n) is 6.39. The predicted molar refractivity (Wildman–Crippen MR) is 140 cm³/mol. The van der Waals surface area contributed by atoms with E-state index < -0.39 is 0 Å². The Morgan fingerprint density at radius 1 is 0.914 bits per heavy atom. The predicted octanol–water partition coefficient (Wildman–Crippen LogP) is 5.63. The molecule has 35 heavy (non-hydrogen) atoms. The summed E-state index contributed by atoms with van der Waals surface area (Å²) in [5.74, 6) is 1.98. The lowest BCUT2D eigenvalue weighted by Gasteiger charge is -2.16. The fraction of sp³-hybridized carbons (Fsp3) is 0.269.